The van der Waals surface area contributed by atoms with E-state index >= 15 is 0 Å². The summed E-state index contributed by atoms with van der Waals surface area (Å²) in [5.74, 6) is 1.07. The van der Waals surface area contributed by atoms with Crippen molar-refractivity contribution in [2.75, 3.05) is 18.7 Å². The standard InChI is InChI=1S/C20H22N2O4/c1-14(16-6-4-3-5-7-16)22(15(2)23)11-10-20(24)21-17-8-9-18-19(12-17)26-13-25-18/h3-9,12,14H,10-11,13H2,1-2H3,(H,21,24). The molecule has 136 valence electrons. The molecule has 1 atom stereocenters. The van der Waals surface area contributed by atoms with Crippen LogP contribution < -0.4 is 14.8 Å². The van der Waals surface area contributed by atoms with Crippen LogP contribution in [0, 0.1) is 0 Å². The van der Waals surface area contributed by atoms with Crippen LogP contribution in [0.15, 0.2) is 48.5 Å². The predicted octanol–water partition coefficient (Wildman–Crippen LogP) is 3.35. The van der Waals surface area contributed by atoms with Crippen LogP contribution in [0.2, 0.25) is 0 Å². The van der Waals surface area contributed by atoms with Crippen molar-refractivity contribution >= 4 is 17.5 Å². The van der Waals surface area contributed by atoms with E-state index in [0.717, 1.165) is 5.56 Å². The molecule has 26 heavy (non-hydrogen) atoms. The van der Waals surface area contributed by atoms with Crippen LogP contribution in [0.5, 0.6) is 11.5 Å². The van der Waals surface area contributed by atoms with Gasteiger partial charge in [-0.15, -0.1) is 0 Å². The quantitative estimate of drug-likeness (QED) is 0.864. The van der Waals surface area contributed by atoms with Gasteiger partial charge >= 0.3 is 0 Å². The molecule has 6 heteroatoms. The first-order valence-electron chi connectivity index (χ1n) is 8.56. The Morgan fingerprint density at radius 2 is 1.85 bits per heavy atom. The molecular weight excluding hydrogens is 332 g/mol. The highest BCUT2D eigenvalue weighted by molar-refractivity contribution is 5.91. The third-order valence-electron chi connectivity index (χ3n) is 4.39. The van der Waals surface area contributed by atoms with Gasteiger partial charge in [-0.05, 0) is 24.6 Å². The number of benzene rings is 2. The van der Waals surface area contributed by atoms with Gasteiger partial charge in [-0.25, -0.2) is 0 Å². The lowest BCUT2D eigenvalue weighted by Crippen LogP contribution is -2.34. The Morgan fingerprint density at radius 1 is 1.12 bits per heavy atom. The topological polar surface area (TPSA) is 67.9 Å². The number of carbonyl (C=O) groups is 2. The molecule has 2 amide bonds. The fourth-order valence-electron chi connectivity index (χ4n) is 2.96. The molecule has 0 aliphatic carbocycles. The summed E-state index contributed by atoms with van der Waals surface area (Å²) in [4.78, 5) is 26.0. The van der Waals surface area contributed by atoms with Crippen molar-refractivity contribution in [3.8, 4) is 11.5 Å². The number of ether oxygens (including phenoxy) is 2. The Labute approximate surface area is 152 Å². The average Bonchev–Trinajstić information content (AvgIpc) is 3.10. The number of carbonyl (C=O) groups excluding carboxylic acids is 2. The molecule has 0 aromatic heterocycles. The third kappa shape index (κ3) is 4.14. The number of amides is 2. The van der Waals surface area contributed by atoms with E-state index in [1.165, 1.54) is 6.92 Å². The molecule has 1 N–H and O–H groups in total. The van der Waals surface area contributed by atoms with E-state index in [9.17, 15) is 9.59 Å². The normalized spacial score (nSPS) is 13.2. The first kappa shape index (κ1) is 17.8. The maximum atomic E-state index is 12.3. The number of nitrogens with one attached hydrogen (secondary N) is 1. The third-order valence-corrected chi connectivity index (χ3v) is 4.39. The monoisotopic (exact) mass is 354 g/mol. The number of nitrogens with zero attached hydrogens (tertiary/aromatic N) is 1. The molecule has 6 nitrogen and oxygen atoms in total. The lowest BCUT2D eigenvalue weighted by atomic mass is 10.1. The Balaban J connectivity index is 1.58. The minimum absolute atomic E-state index is 0.0581. The predicted molar refractivity (Wildman–Crippen MR) is 98.1 cm³/mol. The molecule has 0 bridgehead atoms. The van der Waals surface area contributed by atoms with Crippen molar-refractivity contribution in [3.05, 3.63) is 54.1 Å². The van der Waals surface area contributed by atoms with Crippen molar-refractivity contribution in [2.24, 2.45) is 0 Å². The van der Waals surface area contributed by atoms with Gasteiger partial charge in [-0.2, -0.15) is 0 Å². The molecule has 1 heterocycles. The molecule has 1 aliphatic heterocycles. The van der Waals surface area contributed by atoms with Gasteiger partial charge in [0.25, 0.3) is 0 Å². The molecule has 3 rings (SSSR count). The van der Waals surface area contributed by atoms with Gasteiger partial charge in [0.2, 0.25) is 18.6 Å². The van der Waals surface area contributed by atoms with Crippen molar-refractivity contribution in [2.45, 2.75) is 26.3 Å². The van der Waals surface area contributed by atoms with Crippen LogP contribution in [-0.2, 0) is 9.59 Å². The van der Waals surface area contributed by atoms with Gasteiger partial charge in [0.05, 0.1) is 6.04 Å². The van der Waals surface area contributed by atoms with E-state index in [0.29, 0.717) is 23.7 Å². The van der Waals surface area contributed by atoms with Gasteiger partial charge in [0.1, 0.15) is 0 Å². The van der Waals surface area contributed by atoms with E-state index in [2.05, 4.69) is 5.32 Å². The second-order valence-electron chi connectivity index (χ2n) is 6.17. The minimum Gasteiger partial charge on any atom is -0.454 e. The van der Waals surface area contributed by atoms with E-state index in [4.69, 9.17) is 9.47 Å². The molecule has 0 saturated heterocycles. The van der Waals surface area contributed by atoms with Crippen LogP contribution in [0.25, 0.3) is 0 Å². The van der Waals surface area contributed by atoms with Crippen molar-refractivity contribution in [1.29, 1.82) is 0 Å². The van der Waals surface area contributed by atoms with Gasteiger partial charge in [0.15, 0.2) is 11.5 Å². The number of hydrogen-bond acceptors (Lipinski definition) is 4. The number of fused-ring (bicyclic) bond motifs is 1. The maximum Gasteiger partial charge on any atom is 0.231 e. The molecule has 1 unspecified atom stereocenters. The Morgan fingerprint density at radius 3 is 2.58 bits per heavy atom. The summed E-state index contributed by atoms with van der Waals surface area (Å²) in [6, 6.07) is 14.9. The lowest BCUT2D eigenvalue weighted by Gasteiger charge is -2.28. The molecule has 0 radical (unpaired) electrons. The highest BCUT2D eigenvalue weighted by Gasteiger charge is 2.20. The summed E-state index contributed by atoms with van der Waals surface area (Å²) < 4.78 is 10.6. The van der Waals surface area contributed by atoms with Gasteiger partial charge in [0, 0.05) is 31.6 Å². The Bertz CT molecular complexity index is 792. The molecule has 1 aliphatic rings. The van der Waals surface area contributed by atoms with Crippen LogP contribution in [0.4, 0.5) is 5.69 Å². The molecular formula is C20H22N2O4. The number of hydrogen-bond donors (Lipinski definition) is 1. The summed E-state index contributed by atoms with van der Waals surface area (Å²) in [7, 11) is 0. The zero-order valence-corrected chi connectivity index (χ0v) is 14.9. The molecule has 0 saturated carbocycles. The first-order valence-corrected chi connectivity index (χ1v) is 8.56. The summed E-state index contributed by atoms with van der Waals surface area (Å²) in [6.07, 6.45) is 0.213. The summed E-state index contributed by atoms with van der Waals surface area (Å²) in [5.41, 5.74) is 1.68. The van der Waals surface area contributed by atoms with Crippen molar-refractivity contribution in [1.82, 2.24) is 4.90 Å². The van der Waals surface area contributed by atoms with E-state index in [1.807, 2.05) is 37.3 Å². The highest BCUT2D eigenvalue weighted by atomic mass is 16.7. The zero-order chi connectivity index (χ0) is 18.5. The minimum atomic E-state index is -0.157. The second kappa shape index (κ2) is 7.91. The summed E-state index contributed by atoms with van der Waals surface area (Å²) >= 11 is 0. The molecule has 0 fully saturated rings. The lowest BCUT2D eigenvalue weighted by molar-refractivity contribution is -0.131. The van der Waals surface area contributed by atoms with Crippen LogP contribution >= 0.6 is 0 Å². The summed E-state index contributed by atoms with van der Waals surface area (Å²) in [5, 5.41) is 2.83. The maximum absolute atomic E-state index is 12.3. The SMILES string of the molecule is CC(=O)N(CCC(=O)Nc1ccc2c(c1)OCO2)C(C)c1ccccc1. The Kier molecular flexibility index (Phi) is 5.41. The fraction of sp³-hybridized carbons (Fsp3) is 0.300. The van der Waals surface area contributed by atoms with Crippen LogP contribution in [0.1, 0.15) is 31.9 Å². The van der Waals surface area contributed by atoms with Gasteiger partial charge in [-0.1, -0.05) is 30.3 Å². The van der Waals surface area contributed by atoms with Crippen molar-refractivity contribution in [3.63, 3.8) is 0 Å². The van der Waals surface area contributed by atoms with Gasteiger partial charge < -0.3 is 19.7 Å². The molecule has 0 spiro atoms. The van der Waals surface area contributed by atoms with E-state index in [-0.39, 0.29) is 31.1 Å². The van der Waals surface area contributed by atoms with E-state index < -0.39 is 0 Å². The fourth-order valence-corrected chi connectivity index (χ4v) is 2.96. The van der Waals surface area contributed by atoms with Crippen LogP contribution in [0.3, 0.4) is 0 Å². The summed E-state index contributed by atoms with van der Waals surface area (Å²) in [6.45, 7) is 4.03. The average molecular weight is 354 g/mol. The van der Waals surface area contributed by atoms with Crippen molar-refractivity contribution < 1.29 is 19.1 Å². The first-order chi connectivity index (χ1) is 12.5. The van der Waals surface area contributed by atoms with Gasteiger partial charge in [-0.3, -0.25) is 9.59 Å². The molecule has 2 aromatic rings. The smallest absolute Gasteiger partial charge is 0.231 e. The zero-order valence-electron chi connectivity index (χ0n) is 14.9. The number of rotatable bonds is 6. The molecule has 2 aromatic carbocycles. The largest absolute Gasteiger partial charge is 0.454 e. The Hall–Kier alpha value is -3.02. The van der Waals surface area contributed by atoms with E-state index in [1.54, 1.807) is 23.1 Å². The number of anilines is 1. The van der Waals surface area contributed by atoms with Crippen LogP contribution in [-0.4, -0.2) is 30.1 Å². The highest BCUT2D eigenvalue weighted by Crippen LogP contribution is 2.34. The second-order valence-corrected chi connectivity index (χ2v) is 6.17.